The molecule has 94 valence electrons. The van der Waals surface area contributed by atoms with E-state index < -0.39 is 17.0 Å². The number of hydrogen-bond donors (Lipinski definition) is 0. The normalized spacial score (nSPS) is 12.5. The fourth-order valence-electron chi connectivity index (χ4n) is 1.56. The summed E-state index contributed by atoms with van der Waals surface area (Å²) in [5.41, 5.74) is 1.27. The van der Waals surface area contributed by atoms with Crippen molar-refractivity contribution < 1.29 is 8.78 Å². The molecular weight excluding hydrogens is 392 g/mol. The van der Waals surface area contributed by atoms with Crippen LogP contribution >= 0.6 is 45.8 Å². The van der Waals surface area contributed by atoms with Crippen molar-refractivity contribution >= 4 is 45.8 Å². The van der Waals surface area contributed by atoms with Crippen LogP contribution in [0.15, 0.2) is 36.4 Å². The first kappa shape index (κ1) is 14.0. The van der Waals surface area contributed by atoms with Crippen LogP contribution in [0.25, 0.3) is 0 Å². The van der Waals surface area contributed by atoms with E-state index in [2.05, 4.69) is 22.6 Å². The molecule has 0 amide bonds. The molecule has 0 aliphatic rings. The van der Waals surface area contributed by atoms with E-state index in [1.165, 1.54) is 6.07 Å². The van der Waals surface area contributed by atoms with Crippen molar-refractivity contribution in [3.63, 3.8) is 0 Å². The molecule has 2 aromatic carbocycles. The summed E-state index contributed by atoms with van der Waals surface area (Å²) in [5.74, 6) is -1.79. The van der Waals surface area contributed by atoms with Crippen LogP contribution in [0.3, 0.4) is 0 Å². The van der Waals surface area contributed by atoms with E-state index in [4.69, 9.17) is 23.2 Å². The molecule has 0 radical (unpaired) electrons. The SMILES string of the molecule is Fc1ccc(C(Cl)c2cc(Cl)ccc2I)cc1F. The molecule has 0 bridgehead atoms. The molecule has 0 saturated carbocycles. The minimum absolute atomic E-state index is 0.496. The molecule has 1 atom stereocenters. The first-order valence-electron chi connectivity index (χ1n) is 5.03. The van der Waals surface area contributed by atoms with E-state index in [1.54, 1.807) is 12.1 Å². The minimum Gasteiger partial charge on any atom is -0.204 e. The molecule has 0 nitrogen and oxygen atoms in total. The molecule has 0 N–H and O–H groups in total. The fraction of sp³-hybridized carbons (Fsp3) is 0.0769. The molecule has 0 spiro atoms. The molecule has 0 saturated heterocycles. The van der Waals surface area contributed by atoms with E-state index in [0.717, 1.165) is 21.3 Å². The lowest BCUT2D eigenvalue weighted by atomic mass is 10.0. The van der Waals surface area contributed by atoms with Crippen molar-refractivity contribution in [3.05, 3.63) is 67.8 Å². The summed E-state index contributed by atoms with van der Waals surface area (Å²) in [4.78, 5) is 0. The van der Waals surface area contributed by atoms with Gasteiger partial charge in [0.25, 0.3) is 0 Å². The summed E-state index contributed by atoms with van der Waals surface area (Å²) in [5, 5.41) is -0.00986. The molecule has 0 aliphatic heterocycles. The number of hydrogen-bond acceptors (Lipinski definition) is 0. The maximum atomic E-state index is 13.2. The highest BCUT2D eigenvalue weighted by Crippen LogP contribution is 2.34. The Morgan fingerprint density at radius 2 is 1.72 bits per heavy atom. The third-order valence-corrected chi connectivity index (χ3v) is 4.17. The zero-order chi connectivity index (χ0) is 13.3. The molecule has 0 aromatic heterocycles. The van der Waals surface area contributed by atoms with Crippen molar-refractivity contribution in [2.24, 2.45) is 0 Å². The first-order chi connectivity index (χ1) is 8.49. The number of benzene rings is 2. The van der Waals surface area contributed by atoms with Gasteiger partial charge in [0.15, 0.2) is 11.6 Å². The molecule has 0 heterocycles. The van der Waals surface area contributed by atoms with Gasteiger partial charge in [-0.2, -0.15) is 0 Å². The summed E-state index contributed by atoms with van der Waals surface area (Å²) in [6, 6.07) is 8.94. The molecule has 5 heteroatoms. The molecule has 1 unspecified atom stereocenters. The fourth-order valence-corrected chi connectivity index (χ4v) is 2.89. The Morgan fingerprint density at radius 3 is 2.39 bits per heavy atom. The number of alkyl halides is 1. The van der Waals surface area contributed by atoms with Gasteiger partial charge in [-0.1, -0.05) is 17.7 Å². The maximum absolute atomic E-state index is 13.2. The standard InChI is InChI=1S/C13H7Cl2F2I/c14-8-2-4-12(18)9(6-8)13(15)7-1-3-10(16)11(17)5-7/h1-6,13H. The van der Waals surface area contributed by atoms with Crippen LogP contribution in [0, 0.1) is 15.2 Å². The Labute approximate surface area is 127 Å². The van der Waals surface area contributed by atoms with Gasteiger partial charge in [0.2, 0.25) is 0 Å². The number of halogens is 5. The lowest BCUT2D eigenvalue weighted by Crippen LogP contribution is -1.98. The van der Waals surface area contributed by atoms with E-state index in [1.807, 2.05) is 6.07 Å². The number of rotatable bonds is 2. The van der Waals surface area contributed by atoms with Gasteiger partial charge in [-0.25, -0.2) is 8.78 Å². The Bertz CT molecular complexity index is 587. The summed E-state index contributed by atoms with van der Waals surface area (Å²) in [6.45, 7) is 0. The summed E-state index contributed by atoms with van der Waals surface area (Å²) in [6.07, 6.45) is 0. The van der Waals surface area contributed by atoms with Crippen molar-refractivity contribution in [3.8, 4) is 0 Å². The van der Waals surface area contributed by atoms with Crippen LogP contribution in [0.5, 0.6) is 0 Å². The molecule has 18 heavy (non-hydrogen) atoms. The minimum atomic E-state index is -0.907. The largest absolute Gasteiger partial charge is 0.204 e. The Balaban J connectivity index is 2.44. The smallest absolute Gasteiger partial charge is 0.159 e. The molecule has 0 fully saturated rings. The second kappa shape index (κ2) is 5.72. The zero-order valence-corrected chi connectivity index (χ0v) is 12.6. The van der Waals surface area contributed by atoms with Crippen LogP contribution < -0.4 is 0 Å². The third kappa shape index (κ3) is 2.95. The Morgan fingerprint density at radius 1 is 1.00 bits per heavy atom. The highest BCUT2D eigenvalue weighted by atomic mass is 127. The van der Waals surface area contributed by atoms with Gasteiger partial charge in [-0.05, 0) is 64.0 Å². The molecule has 0 aliphatic carbocycles. The summed E-state index contributed by atoms with van der Waals surface area (Å²) >= 11 is 14.3. The predicted molar refractivity (Wildman–Crippen MR) is 78.2 cm³/mol. The lowest BCUT2D eigenvalue weighted by Gasteiger charge is -2.13. The molecular formula is C13H7Cl2F2I. The van der Waals surface area contributed by atoms with Crippen LogP contribution in [-0.2, 0) is 0 Å². The third-order valence-electron chi connectivity index (χ3n) is 2.47. The second-order valence-corrected chi connectivity index (χ2v) is 5.74. The molecule has 2 aromatic rings. The van der Waals surface area contributed by atoms with Crippen LogP contribution in [0.1, 0.15) is 16.5 Å². The highest BCUT2D eigenvalue weighted by molar-refractivity contribution is 14.1. The van der Waals surface area contributed by atoms with Gasteiger partial charge in [0.05, 0.1) is 5.38 Å². The van der Waals surface area contributed by atoms with Gasteiger partial charge < -0.3 is 0 Å². The topological polar surface area (TPSA) is 0 Å². The predicted octanol–water partition coefficient (Wildman–Crippen LogP) is 5.55. The van der Waals surface area contributed by atoms with Gasteiger partial charge in [-0.15, -0.1) is 11.6 Å². The van der Waals surface area contributed by atoms with E-state index in [0.29, 0.717) is 10.6 Å². The van der Waals surface area contributed by atoms with Gasteiger partial charge in [0.1, 0.15) is 0 Å². The summed E-state index contributed by atoms with van der Waals surface area (Å²) < 4.78 is 27.0. The first-order valence-corrected chi connectivity index (χ1v) is 6.92. The van der Waals surface area contributed by atoms with Crippen molar-refractivity contribution in [2.45, 2.75) is 5.38 Å². The van der Waals surface area contributed by atoms with Gasteiger partial charge >= 0.3 is 0 Å². The Kier molecular flexibility index (Phi) is 4.45. The second-order valence-electron chi connectivity index (χ2n) is 3.70. The van der Waals surface area contributed by atoms with Crippen molar-refractivity contribution in [2.75, 3.05) is 0 Å². The van der Waals surface area contributed by atoms with Crippen LogP contribution in [0.4, 0.5) is 8.78 Å². The average molecular weight is 399 g/mol. The van der Waals surface area contributed by atoms with E-state index >= 15 is 0 Å². The zero-order valence-electron chi connectivity index (χ0n) is 8.93. The van der Waals surface area contributed by atoms with Gasteiger partial charge in [0, 0.05) is 8.59 Å². The quantitative estimate of drug-likeness (QED) is 0.459. The lowest BCUT2D eigenvalue weighted by molar-refractivity contribution is 0.507. The van der Waals surface area contributed by atoms with E-state index in [-0.39, 0.29) is 0 Å². The van der Waals surface area contributed by atoms with E-state index in [9.17, 15) is 8.78 Å². The molecule has 2 rings (SSSR count). The Hall–Kier alpha value is -0.390. The van der Waals surface area contributed by atoms with Crippen LogP contribution in [0.2, 0.25) is 5.02 Å². The summed E-state index contributed by atoms with van der Waals surface area (Å²) in [7, 11) is 0. The maximum Gasteiger partial charge on any atom is 0.159 e. The van der Waals surface area contributed by atoms with Crippen molar-refractivity contribution in [1.29, 1.82) is 0 Å². The monoisotopic (exact) mass is 398 g/mol. The highest BCUT2D eigenvalue weighted by Gasteiger charge is 2.16. The van der Waals surface area contributed by atoms with Crippen LogP contribution in [-0.4, -0.2) is 0 Å². The average Bonchev–Trinajstić information content (AvgIpc) is 2.35. The van der Waals surface area contributed by atoms with Gasteiger partial charge in [-0.3, -0.25) is 0 Å². The van der Waals surface area contributed by atoms with Crippen molar-refractivity contribution in [1.82, 2.24) is 0 Å².